The summed E-state index contributed by atoms with van der Waals surface area (Å²) < 4.78 is 0. The van der Waals surface area contributed by atoms with Gasteiger partial charge in [-0.05, 0) is 45.2 Å². The number of hydrogen-bond donors (Lipinski definition) is 1. The Kier molecular flexibility index (Phi) is 6.58. The summed E-state index contributed by atoms with van der Waals surface area (Å²) in [6.45, 7) is 9.14. The first-order valence-corrected chi connectivity index (χ1v) is 7.92. The molecule has 1 unspecified atom stereocenters. The van der Waals surface area contributed by atoms with Gasteiger partial charge in [-0.15, -0.1) is 0 Å². The van der Waals surface area contributed by atoms with Crippen LogP contribution in [0.4, 0.5) is 0 Å². The van der Waals surface area contributed by atoms with Crippen LogP contribution in [0.25, 0.3) is 0 Å². The molecule has 3 heteroatoms. The first kappa shape index (κ1) is 15.9. The molecule has 0 amide bonds. The van der Waals surface area contributed by atoms with Crippen molar-refractivity contribution in [3.8, 4) is 0 Å². The molecule has 2 N–H and O–H groups in total. The Hall–Kier alpha value is -0.150. The Balaban J connectivity index is 2.38. The fraction of sp³-hybridized carbons (Fsp3) is 0.933. The molecule has 18 heavy (non-hydrogen) atoms. The van der Waals surface area contributed by atoms with Crippen molar-refractivity contribution < 1.29 is 0 Å². The maximum Gasteiger partial charge on any atom is 0.0784 e. The van der Waals surface area contributed by atoms with Gasteiger partial charge in [0.05, 0.1) is 4.99 Å². The molecule has 1 atom stereocenters. The molecule has 0 aromatic rings. The third kappa shape index (κ3) is 4.85. The molecule has 1 rings (SSSR count). The van der Waals surface area contributed by atoms with E-state index >= 15 is 0 Å². The lowest BCUT2D eigenvalue weighted by molar-refractivity contribution is 0.186. The third-order valence-electron chi connectivity index (χ3n) is 4.38. The van der Waals surface area contributed by atoms with E-state index in [0.29, 0.717) is 4.99 Å². The van der Waals surface area contributed by atoms with Crippen LogP contribution in [0, 0.1) is 5.41 Å². The first-order chi connectivity index (χ1) is 8.47. The largest absolute Gasteiger partial charge is 0.393 e. The molecule has 1 aliphatic heterocycles. The Morgan fingerprint density at radius 1 is 1.33 bits per heavy atom. The van der Waals surface area contributed by atoms with Gasteiger partial charge in [-0.2, -0.15) is 0 Å². The lowest BCUT2D eigenvalue weighted by Crippen LogP contribution is -2.36. The molecule has 1 saturated heterocycles. The molecule has 0 saturated carbocycles. The minimum Gasteiger partial charge on any atom is -0.393 e. The summed E-state index contributed by atoms with van der Waals surface area (Å²) in [5.74, 6) is 0. The number of thiocarbonyl (C=S) groups is 1. The standard InChI is InChI=1S/C15H30N2S/c1-4-13-9-6-5-7-11-17(13)12-8-10-15(2,3)14(16)18/h13H,4-12H2,1-3H3,(H2,16,18). The zero-order chi connectivity index (χ0) is 13.6. The van der Waals surface area contributed by atoms with Gasteiger partial charge in [0.15, 0.2) is 0 Å². The number of nitrogens with two attached hydrogens (primary N) is 1. The van der Waals surface area contributed by atoms with E-state index in [0.717, 1.165) is 12.5 Å². The van der Waals surface area contributed by atoms with Gasteiger partial charge in [-0.1, -0.05) is 45.8 Å². The molecule has 0 spiro atoms. The number of likely N-dealkylation sites (tertiary alicyclic amines) is 1. The van der Waals surface area contributed by atoms with Crippen molar-refractivity contribution in [2.24, 2.45) is 11.1 Å². The lowest BCUT2D eigenvalue weighted by Gasteiger charge is -2.31. The number of hydrogen-bond acceptors (Lipinski definition) is 2. The van der Waals surface area contributed by atoms with Crippen molar-refractivity contribution in [1.29, 1.82) is 0 Å². The van der Waals surface area contributed by atoms with E-state index in [1.807, 2.05) is 0 Å². The van der Waals surface area contributed by atoms with Gasteiger partial charge in [0.2, 0.25) is 0 Å². The Morgan fingerprint density at radius 2 is 2.06 bits per heavy atom. The highest BCUT2D eigenvalue weighted by molar-refractivity contribution is 7.80. The van der Waals surface area contributed by atoms with Crippen LogP contribution in [-0.2, 0) is 0 Å². The van der Waals surface area contributed by atoms with E-state index in [1.54, 1.807) is 0 Å². The number of rotatable bonds is 6. The fourth-order valence-electron chi connectivity index (χ4n) is 2.84. The summed E-state index contributed by atoms with van der Waals surface area (Å²) >= 11 is 5.13. The van der Waals surface area contributed by atoms with Crippen LogP contribution in [0.5, 0.6) is 0 Å². The van der Waals surface area contributed by atoms with Gasteiger partial charge in [0.25, 0.3) is 0 Å². The van der Waals surface area contributed by atoms with E-state index in [4.69, 9.17) is 18.0 Å². The van der Waals surface area contributed by atoms with Crippen molar-refractivity contribution >= 4 is 17.2 Å². The molecule has 1 heterocycles. The first-order valence-electron chi connectivity index (χ1n) is 7.51. The van der Waals surface area contributed by atoms with Crippen molar-refractivity contribution in [3.05, 3.63) is 0 Å². The minimum atomic E-state index is 0.0168. The molecular formula is C15H30N2S. The van der Waals surface area contributed by atoms with Gasteiger partial charge in [0.1, 0.15) is 0 Å². The molecule has 106 valence electrons. The van der Waals surface area contributed by atoms with Gasteiger partial charge in [-0.25, -0.2) is 0 Å². The van der Waals surface area contributed by atoms with Crippen molar-refractivity contribution in [2.75, 3.05) is 13.1 Å². The van der Waals surface area contributed by atoms with Gasteiger partial charge < -0.3 is 10.6 Å². The van der Waals surface area contributed by atoms with E-state index < -0.39 is 0 Å². The second-order valence-electron chi connectivity index (χ2n) is 6.30. The predicted octanol–water partition coefficient (Wildman–Crippen LogP) is 3.73. The smallest absolute Gasteiger partial charge is 0.0784 e. The van der Waals surface area contributed by atoms with Crippen molar-refractivity contribution in [2.45, 2.75) is 71.8 Å². The summed E-state index contributed by atoms with van der Waals surface area (Å²) in [6, 6.07) is 0.806. The Bertz CT molecular complexity index is 263. The van der Waals surface area contributed by atoms with Crippen LogP contribution >= 0.6 is 12.2 Å². The van der Waals surface area contributed by atoms with Gasteiger partial charge in [0, 0.05) is 11.5 Å². The lowest BCUT2D eigenvalue weighted by atomic mass is 9.87. The fourth-order valence-corrected chi connectivity index (χ4v) is 2.94. The van der Waals surface area contributed by atoms with E-state index in [2.05, 4.69) is 25.7 Å². The van der Waals surface area contributed by atoms with E-state index in [1.165, 1.54) is 51.6 Å². The van der Waals surface area contributed by atoms with Gasteiger partial charge in [-0.3, -0.25) is 0 Å². The zero-order valence-electron chi connectivity index (χ0n) is 12.4. The Labute approximate surface area is 118 Å². The summed E-state index contributed by atoms with van der Waals surface area (Å²) in [7, 11) is 0. The molecule has 0 aromatic heterocycles. The van der Waals surface area contributed by atoms with Crippen LogP contribution in [0.15, 0.2) is 0 Å². The molecule has 2 nitrogen and oxygen atoms in total. The second-order valence-corrected chi connectivity index (χ2v) is 6.74. The summed E-state index contributed by atoms with van der Waals surface area (Å²) in [6.07, 6.45) is 9.18. The maximum absolute atomic E-state index is 5.79. The Morgan fingerprint density at radius 3 is 2.67 bits per heavy atom. The summed E-state index contributed by atoms with van der Waals surface area (Å²) in [5.41, 5.74) is 5.80. The number of nitrogens with zero attached hydrogens (tertiary/aromatic N) is 1. The molecule has 1 aliphatic rings. The third-order valence-corrected chi connectivity index (χ3v) is 4.94. The average molecular weight is 270 g/mol. The molecule has 0 aliphatic carbocycles. The normalized spacial score (nSPS) is 22.7. The monoisotopic (exact) mass is 270 g/mol. The van der Waals surface area contributed by atoms with Crippen molar-refractivity contribution in [1.82, 2.24) is 4.90 Å². The highest BCUT2D eigenvalue weighted by Gasteiger charge is 2.23. The van der Waals surface area contributed by atoms with Crippen LogP contribution < -0.4 is 5.73 Å². The molecule has 0 radical (unpaired) electrons. The molecule has 0 aromatic carbocycles. The predicted molar refractivity (Wildman–Crippen MR) is 83.9 cm³/mol. The average Bonchev–Trinajstić information content (AvgIpc) is 2.53. The SMILES string of the molecule is CCC1CCCCCN1CCCC(C)(C)C(N)=S. The van der Waals surface area contributed by atoms with Crippen LogP contribution in [0.3, 0.4) is 0 Å². The van der Waals surface area contributed by atoms with E-state index in [9.17, 15) is 0 Å². The summed E-state index contributed by atoms with van der Waals surface area (Å²) in [5, 5.41) is 0. The maximum atomic E-state index is 5.79. The highest BCUT2D eigenvalue weighted by Crippen LogP contribution is 2.24. The molecule has 0 bridgehead atoms. The van der Waals surface area contributed by atoms with Crippen LogP contribution in [0.2, 0.25) is 0 Å². The van der Waals surface area contributed by atoms with Crippen molar-refractivity contribution in [3.63, 3.8) is 0 Å². The molecule has 1 fully saturated rings. The van der Waals surface area contributed by atoms with Crippen LogP contribution in [-0.4, -0.2) is 29.0 Å². The second kappa shape index (κ2) is 7.44. The van der Waals surface area contributed by atoms with E-state index in [-0.39, 0.29) is 5.41 Å². The molecular weight excluding hydrogens is 240 g/mol. The highest BCUT2D eigenvalue weighted by atomic mass is 32.1. The quantitative estimate of drug-likeness (QED) is 0.746. The topological polar surface area (TPSA) is 29.3 Å². The minimum absolute atomic E-state index is 0.0168. The van der Waals surface area contributed by atoms with Crippen LogP contribution in [0.1, 0.15) is 65.7 Å². The summed E-state index contributed by atoms with van der Waals surface area (Å²) in [4.78, 5) is 3.35. The van der Waals surface area contributed by atoms with Gasteiger partial charge >= 0.3 is 0 Å². The zero-order valence-corrected chi connectivity index (χ0v) is 13.2.